The van der Waals surface area contributed by atoms with E-state index in [1.165, 1.54) is 0 Å². The van der Waals surface area contributed by atoms with Gasteiger partial charge in [0, 0.05) is 31.9 Å². The van der Waals surface area contributed by atoms with Crippen LogP contribution in [0, 0.1) is 5.92 Å². The Morgan fingerprint density at radius 1 is 1.28 bits per heavy atom. The van der Waals surface area contributed by atoms with E-state index in [2.05, 4.69) is 10.3 Å². The number of rotatable bonds is 6. The van der Waals surface area contributed by atoms with Gasteiger partial charge in [-0.2, -0.15) is 0 Å². The van der Waals surface area contributed by atoms with Gasteiger partial charge in [-0.3, -0.25) is 14.6 Å². The van der Waals surface area contributed by atoms with Crippen molar-refractivity contribution in [3.8, 4) is 5.75 Å². The van der Waals surface area contributed by atoms with Crippen LogP contribution in [0.1, 0.15) is 12.0 Å². The molecule has 2 amide bonds. The molecule has 130 valence electrons. The minimum absolute atomic E-state index is 0.0567. The van der Waals surface area contributed by atoms with Crippen molar-refractivity contribution in [1.29, 1.82) is 0 Å². The summed E-state index contributed by atoms with van der Waals surface area (Å²) >= 11 is 0. The quantitative estimate of drug-likeness (QED) is 0.871. The molecule has 2 heterocycles. The van der Waals surface area contributed by atoms with Gasteiger partial charge in [0.25, 0.3) is 0 Å². The number of ether oxygens (including phenoxy) is 1. The molecule has 1 atom stereocenters. The summed E-state index contributed by atoms with van der Waals surface area (Å²) in [5, 5.41) is 2.92. The number of amides is 2. The van der Waals surface area contributed by atoms with E-state index in [-0.39, 0.29) is 24.2 Å². The number of aromatic nitrogens is 1. The van der Waals surface area contributed by atoms with Crippen molar-refractivity contribution in [3.05, 3.63) is 54.4 Å². The molecule has 1 saturated heterocycles. The normalized spacial score (nSPS) is 16.8. The van der Waals surface area contributed by atoms with Gasteiger partial charge < -0.3 is 15.0 Å². The van der Waals surface area contributed by atoms with Crippen LogP contribution < -0.4 is 15.0 Å². The number of pyridine rings is 1. The molecule has 1 N–H and O–H groups in total. The Kier molecular flexibility index (Phi) is 5.28. The van der Waals surface area contributed by atoms with E-state index in [4.69, 9.17) is 4.74 Å². The molecule has 1 fully saturated rings. The summed E-state index contributed by atoms with van der Waals surface area (Å²) in [6, 6.07) is 11.2. The molecule has 0 spiro atoms. The van der Waals surface area contributed by atoms with Crippen molar-refractivity contribution in [2.45, 2.75) is 12.8 Å². The fourth-order valence-electron chi connectivity index (χ4n) is 2.99. The molecule has 0 saturated carbocycles. The number of nitrogens with zero attached hydrogens (tertiary/aromatic N) is 2. The molecule has 3 rings (SSSR count). The monoisotopic (exact) mass is 339 g/mol. The fraction of sp³-hybridized carbons (Fsp3) is 0.316. The topological polar surface area (TPSA) is 71.5 Å². The minimum Gasteiger partial charge on any atom is -0.495 e. The third-order valence-corrected chi connectivity index (χ3v) is 4.33. The van der Waals surface area contributed by atoms with Crippen molar-refractivity contribution >= 4 is 17.5 Å². The lowest BCUT2D eigenvalue weighted by molar-refractivity contribution is -0.126. The first-order chi connectivity index (χ1) is 12.2. The molecule has 25 heavy (non-hydrogen) atoms. The second-order valence-electron chi connectivity index (χ2n) is 5.97. The van der Waals surface area contributed by atoms with Crippen LogP contribution in [0.3, 0.4) is 0 Å². The lowest BCUT2D eigenvalue weighted by atomic mass is 10.1. The number of carbonyl (C=O) groups is 2. The van der Waals surface area contributed by atoms with Crippen molar-refractivity contribution < 1.29 is 14.3 Å². The van der Waals surface area contributed by atoms with Gasteiger partial charge in [0.1, 0.15) is 5.75 Å². The highest BCUT2D eigenvalue weighted by Crippen LogP contribution is 2.32. The van der Waals surface area contributed by atoms with Gasteiger partial charge >= 0.3 is 0 Å². The maximum atomic E-state index is 12.4. The van der Waals surface area contributed by atoms with Gasteiger partial charge in [-0.1, -0.05) is 12.1 Å². The molecular weight excluding hydrogens is 318 g/mol. The SMILES string of the molecule is COc1ccccc1N1C[C@@H](C(=O)NCCc2ccncc2)CC1=O. The summed E-state index contributed by atoms with van der Waals surface area (Å²) < 4.78 is 5.32. The van der Waals surface area contributed by atoms with Gasteiger partial charge in [0.2, 0.25) is 11.8 Å². The van der Waals surface area contributed by atoms with E-state index in [9.17, 15) is 9.59 Å². The van der Waals surface area contributed by atoms with Crippen LogP contribution in [0.2, 0.25) is 0 Å². The molecule has 6 nitrogen and oxygen atoms in total. The van der Waals surface area contributed by atoms with Gasteiger partial charge in [0.15, 0.2) is 0 Å². The first kappa shape index (κ1) is 17.0. The molecular formula is C19H21N3O3. The summed E-state index contributed by atoms with van der Waals surface area (Å²) in [7, 11) is 1.57. The summed E-state index contributed by atoms with van der Waals surface area (Å²) in [4.78, 5) is 30.3. The third-order valence-electron chi connectivity index (χ3n) is 4.33. The van der Waals surface area contributed by atoms with Crippen LogP contribution in [-0.2, 0) is 16.0 Å². The molecule has 1 aromatic heterocycles. The summed E-state index contributed by atoms with van der Waals surface area (Å²) in [6.45, 7) is 0.919. The number of para-hydroxylation sites is 2. The lowest BCUT2D eigenvalue weighted by Gasteiger charge is -2.19. The maximum Gasteiger partial charge on any atom is 0.227 e. The Morgan fingerprint density at radius 2 is 2.04 bits per heavy atom. The van der Waals surface area contributed by atoms with E-state index in [1.807, 2.05) is 36.4 Å². The number of hydrogen-bond acceptors (Lipinski definition) is 4. The highest BCUT2D eigenvalue weighted by atomic mass is 16.5. The predicted octanol–water partition coefficient (Wildman–Crippen LogP) is 1.80. The molecule has 0 radical (unpaired) electrons. The van der Waals surface area contributed by atoms with Gasteiger partial charge in [-0.05, 0) is 36.2 Å². The minimum atomic E-state index is -0.338. The Balaban J connectivity index is 1.57. The lowest BCUT2D eigenvalue weighted by Crippen LogP contribution is -2.34. The van der Waals surface area contributed by atoms with Gasteiger partial charge in [0.05, 0.1) is 18.7 Å². The van der Waals surface area contributed by atoms with Gasteiger partial charge in [-0.25, -0.2) is 0 Å². The largest absolute Gasteiger partial charge is 0.495 e. The van der Waals surface area contributed by atoms with Crippen LogP contribution in [0.25, 0.3) is 0 Å². The molecule has 2 aromatic rings. The molecule has 0 unspecified atom stereocenters. The number of methoxy groups -OCH3 is 1. The zero-order valence-corrected chi connectivity index (χ0v) is 14.1. The van der Waals surface area contributed by atoms with E-state index in [0.29, 0.717) is 24.5 Å². The second-order valence-corrected chi connectivity index (χ2v) is 5.97. The summed E-state index contributed by atoms with van der Waals surface area (Å²) in [5.41, 5.74) is 1.83. The molecule has 6 heteroatoms. The van der Waals surface area contributed by atoms with Crippen molar-refractivity contribution in [2.75, 3.05) is 25.1 Å². The Hall–Kier alpha value is -2.89. The number of nitrogens with one attached hydrogen (secondary N) is 1. The van der Waals surface area contributed by atoms with Crippen molar-refractivity contribution in [2.24, 2.45) is 5.92 Å². The number of benzene rings is 1. The summed E-state index contributed by atoms with van der Waals surface area (Å²) in [6.07, 6.45) is 4.43. The van der Waals surface area contributed by atoms with Crippen molar-refractivity contribution in [3.63, 3.8) is 0 Å². The highest BCUT2D eigenvalue weighted by Gasteiger charge is 2.35. The smallest absolute Gasteiger partial charge is 0.227 e. The molecule has 1 aliphatic rings. The van der Waals surface area contributed by atoms with Crippen LogP contribution in [0.15, 0.2) is 48.8 Å². The average molecular weight is 339 g/mol. The fourth-order valence-corrected chi connectivity index (χ4v) is 2.99. The first-order valence-corrected chi connectivity index (χ1v) is 8.29. The van der Waals surface area contributed by atoms with E-state index in [0.717, 1.165) is 12.0 Å². The van der Waals surface area contributed by atoms with Gasteiger partial charge in [-0.15, -0.1) is 0 Å². The average Bonchev–Trinajstić information content (AvgIpc) is 3.04. The molecule has 1 aromatic carbocycles. The number of anilines is 1. The zero-order valence-electron chi connectivity index (χ0n) is 14.1. The standard InChI is InChI=1S/C19H21N3O3/c1-25-17-5-3-2-4-16(17)22-13-15(12-18(22)23)19(24)21-11-8-14-6-9-20-10-7-14/h2-7,9-10,15H,8,11-13H2,1H3,(H,21,24)/t15-/m0/s1. The Labute approximate surface area is 146 Å². The summed E-state index contributed by atoms with van der Waals surface area (Å²) in [5.74, 6) is 0.156. The third kappa shape index (κ3) is 3.96. The van der Waals surface area contributed by atoms with E-state index >= 15 is 0 Å². The molecule has 0 aliphatic carbocycles. The van der Waals surface area contributed by atoms with Crippen molar-refractivity contribution in [1.82, 2.24) is 10.3 Å². The number of carbonyl (C=O) groups excluding carboxylic acids is 2. The van der Waals surface area contributed by atoms with Crippen LogP contribution >= 0.6 is 0 Å². The van der Waals surface area contributed by atoms with E-state index < -0.39 is 0 Å². The molecule has 1 aliphatic heterocycles. The van der Waals surface area contributed by atoms with E-state index in [1.54, 1.807) is 24.4 Å². The first-order valence-electron chi connectivity index (χ1n) is 8.29. The van der Waals surface area contributed by atoms with Crippen LogP contribution in [-0.4, -0.2) is 37.0 Å². The second kappa shape index (κ2) is 7.79. The van der Waals surface area contributed by atoms with Crippen LogP contribution in [0.5, 0.6) is 5.75 Å². The molecule has 0 bridgehead atoms. The number of hydrogen-bond donors (Lipinski definition) is 1. The zero-order chi connectivity index (χ0) is 17.6. The maximum absolute atomic E-state index is 12.4. The predicted molar refractivity (Wildman–Crippen MR) is 94.4 cm³/mol. The highest BCUT2D eigenvalue weighted by molar-refractivity contribution is 6.01. The Morgan fingerprint density at radius 3 is 2.80 bits per heavy atom. The van der Waals surface area contributed by atoms with Crippen LogP contribution in [0.4, 0.5) is 5.69 Å². The Bertz CT molecular complexity index is 749.